The maximum Gasteiger partial charge on any atom is 0.271 e. The highest BCUT2D eigenvalue weighted by atomic mass is 35.5. The molecule has 0 saturated carbocycles. The monoisotopic (exact) mass is 576 g/mol. The number of hydrogen-bond acceptors (Lipinski definition) is 6. The topological polar surface area (TPSA) is 94.5 Å². The predicted octanol–water partition coefficient (Wildman–Crippen LogP) is 5.34. The van der Waals surface area contributed by atoms with Crippen molar-refractivity contribution in [3.05, 3.63) is 100 Å². The molecule has 204 valence electrons. The molecule has 10 heteroatoms. The van der Waals surface area contributed by atoms with Crippen molar-refractivity contribution >= 4 is 57.7 Å². The molecule has 1 heterocycles. The van der Waals surface area contributed by atoms with Crippen molar-refractivity contribution in [1.82, 2.24) is 10.3 Å². The van der Waals surface area contributed by atoms with Crippen LogP contribution in [0.15, 0.2) is 84.0 Å². The van der Waals surface area contributed by atoms with E-state index in [2.05, 4.69) is 15.4 Å². The number of hydrogen-bond donors (Lipinski definition) is 2. The van der Waals surface area contributed by atoms with Gasteiger partial charge in [-0.25, -0.2) is 5.43 Å². The highest BCUT2D eigenvalue weighted by Gasteiger charge is 2.22. The fraction of sp³-hybridized carbons (Fsp3) is 0.167. The van der Waals surface area contributed by atoms with Gasteiger partial charge in [-0.15, -0.1) is 0 Å². The van der Waals surface area contributed by atoms with Crippen molar-refractivity contribution in [3.8, 4) is 11.5 Å². The summed E-state index contributed by atoms with van der Waals surface area (Å²) in [5.41, 5.74) is 4.58. The van der Waals surface area contributed by atoms with Gasteiger partial charge in [0.1, 0.15) is 11.5 Å². The number of carbonyl (C=O) groups excluding carboxylic acids is 2. The Morgan fingerprint density at radius 2 is 1.65 bits per heavy atom. The Kier molecular flexibility index (Phi) is 8.38. The van der Waals surface area contributed by atoms with E-state index in [1.807, 2.05) is 59.5 Å². The zero-order chi connectivity index (χ0) is 28.1. The van der Waals surface area contributed by atoms with E-state index in [0.717, 1.165) is 35.1 Å². The fourth-order valence-electron chi connectivity index (χ4n) is 4.50. The lowest BCUT2D eigenvalue weighted by atomic mass is 10.0. The molecule has 5 rings (SSSR count). The summed E-state index contributed by atoms with van der Waals surface area (Å²) in [5, 5.41) is 16.1. The van der Waals surface area contributed by atoms with Crippen LogP contribution >= 0.6 is 23.2 Å². The van der Waals surface area contributed by atoms with Crippen LogP contribution in [0, 0.1) is 0 Å². The van der Waals surface area contributed by atoms with Gasteiger partial charge in [-0.05, 0) is 60.0 Å². The van der Waals surface area contributed by atoms with Gasteiger partial charge in [0.05, 0.1) is 11.2 Å². The minimum atomic E-state index is -0.463. The zero-order valence-electron chi connectivity index (χ0n) is 21.4. The molecule has 0 radical (unpaired) electrons. The van der Waals surface area contributed by atoms with Crippen LogP contribution in [0.4, 0.5) is 5.69 Å². The number of aromatic hydroxyl groups is 1. The van der Waals surface area contributed by atoms with Crippen molar-refractivity contribution in [3.63, 3.8) is 0 Å². The number of hydrazone groups is 1. The molecule has 2 amide bonds. The third-order valence-electron chi connectivity index (χ3n) is 6.67. The van der Waals surface area contributed by atoms with Crippen molar-refractivity contribution < 1.29 is 19.4 Å². The van der Waals surface area contributed by atoms with E-state index in [0.29, 0.717) is 23.9 Å². The molecule has 1 saturated heterocycles. The average Bonchev–Trinajstić information content (AvgIpc) is 2.98. The molecule has 2 N–H and O–H groups in total. The van der Waals surface area contributed by atoms with Gasteiger partial charge in [0.15, 0.2) is 6.61 Å². The summed E-state index contributed by atoms with van der Waals surface area (Å²) in [6, 6.07) is 23.1. The highest BCUT2D eigenvalue weighted by molar-refractivity contribution is 6.32. The van der Waals surface area contributed by atoms with E-state index in [4.69, 9.17) is 27.9 Å². The van der Waals surface area contributed by atoms with Crippen LogP contribution in [0.3, 0.4) is 0 Å². The Balaban J connectivity index is 1.20. The van der Waals surface area contributed by atoms with Crippen molar-refractivity contribution in [2.45, 2.75) is 0 Å². The van der Waals surface area contributed by atoms with Crippen LogP contribution in [-0.4, -0.2) is 60.8 Å². The van der Waals surface area contributed by atoms with E-state index < -0.39 is 5.91 Å². The van der Waals surface area contributed by atoms with Gasteiger partial charge >= 0.3 is 0 Å². The number of halogens is 2. The van der Waals surface area contributed by atoms with Crippen LogP contribution in [-0.2, 0) is 4.79 Å². The number of amides is 2. The second-order valence-electron chi connectivity index (χ2n) is 9.20. The van der Waals surface area contributed by atoms with E-state index in [-0.39, 0.29) is 28.8 Å². The van der Waals surface area contributed by atoms with Crippen molar-refractivity contribution in [2.24, 2.45) is 5.10 Å². The van der Waals surface area contributed by atoms with Crippen molar-refractivity contribution in [1.29, 1.82) is 0 Å². The largest absolute Gasteiger partial charge is 0.506 e. The predicted molar refractivity (Wildman–Crippen MR) is 158 cm³/mol. The van der Waals surface area contributed by atoms with Crippen molar-refractivity contribution in [2.75, 3.05) is 37.7 Å². The first-order valence-corrected chi connectivity index (χ1v) is 13.4. The minimum absolute atomic E-state index is 0.0659. The molecule has 1 aliphatic heterocycles. The average molecular weight is 577 g/mol. The number of carbonyl (C=O) groups is 2. The molecular formula is C30H26Cl2N4O4. The molecule has 0 spiro atoms. The zero-order valence-corrected chi connectivity index (χ0v) is 22.9. The number of anilines is 1. The molecule has 1 aliphatic rings. The summed E-state index contributed by atoms with van der Waals surface area (Å²) in [6.07, 6.45) is 1.54. The van der Waals surface area contributed by atoms with E-state index in [1.165, 1.54) is 24.4 Å². The second-order valence-corrected chi connectivity index (χ2v) is 10.0. The summed E-state index contributed by atoms with van der Waals surface area (Å²) in [6.45, 7) is 2.64. The minimum Gasteiger partial charge on any atom is -0.506 e. The molecule has 4 aromatic carbocycles. The van der Waals surface area contributed by atoms with Gasteiger partial charge in [0.25, 0.3) is 11.8 Å². The van der Waals surface area contributed by atoms with Crippen LogP contribution in [0.5, 0.6) is 11.5 Å². The van der Waals surface area contributed by atoms with Crippen LogP contribution in [0.25, 0.3) is 10.8 Å². The van der Waals surface area contributed by atoms with Gasteiger partial charge in [-0.3, -0.25) is 9.59 Å². The Morgan fingerprint density at radius 3 is 2.38 bits per heavy atom. The fourth-order valence-corrected chi connectivity index (χ4v) is 4.81. The van der Waals surface area contributed by atoms with E-state index in [1.54, 1.807) is 6.07 Å². The number of nitrogens with zero attached hydrogens (tertiary/aromatic N) is 3. The molecule has 4 aromatic rings. The van der Waals surface area contributed by atoms with Crippen LogP contribution in [0.1, 0.15) is 15.9 Å². The summed E-state index contributed by atoms with van der Waals surface area (Å²) >= 11 is 11.9. The first-order chi connectivity index (χ1) is 19.4. The third kappa shape index (κ3) is 6.30. The van der Waals surface area contributed by atoms with Gasteiger partial charge in [0, 0.05) is 53.4 Å². The molecular weight excluding hydrogens is 551 g/mol. The summed E-state index contributed by atoms with van der Waals surface area (Å²) in [7, 11) is 0. The first kappa shape index (κ1) is 27.3. The quantitative estimate of drug-likeness (QED) is 0.228. The molecule has 40 heavy (non-hydrogen) atoms. The van der Waals surface area contributed by atoms with Crippen LogP contribution in [0.2, 0.25) is 10.0 Å². The Hall–Kier alpha value is -4.27. The lowest BCUT2D eigenvalue weighted by Gasteiger charge is -2.36. The number of fused-ring (bicyclic) bond motifs is 1. The number of nitrogens with one attached hydrogen (secondary N) is 1. The Bertz CT molecular complexity index is 1570. The molecule has 0 unspecified atom stereocenters. The number of piperazine rings is 1. The van der Waals surface area contributed by atoms with Crippen LogP contribution < -0.4 is 15.1 Å². The number of rotatable bonds is 7. The number of benzene rings is 4. The molecule has 1 fully saturated rings. The summed E-state index contributed by atoms with van der Waals surface area (Å²) in [5.74, 6) is -0.0463. The Labute approximate surface area is 241 Å². The maximum absolute atomic E-state index is 12.9. The molecule has 8 nitrogen and oxygen atoms in total. The second kappa shape index (κ2) is 12.3. The Morgan fingerprint density at radius 1 is 0.925 bits per heavy atom. The number of ether oxygens (including phenoxy) is 1. The number of phenolic OH excluding ortho intramolecular Hbond substituents is 1. The van der Waals surface area contributed by atoms with Gasteiger partial charge < -0.3 is 19.6 Å². The molecule has 0 bridgehead atoms. The number of phenols is 1. The van der Waals surface area contributed by atoms with E-state index in [9.17, 15) is 14.7 Å². The third-order valence-corrected chi connectivity index (χ3v) is 7.23. The SMILES string of the molecule is O=C(N/N=C/c1ccc(OCC(=O)N2CCN(c3ccc(Cl)cc3)CC2)c2ccccc12)c1ccc(O)c(Cl)c1. The van der Waals surface area contributed by atoms with E-state index >= 15 is 0 Å². The summed E-state index contributed by atoms with van der Waals surface area (Å²) in [4.78, 5) is 29.3. The molecule has 0 atom stereocenters. The molecule has 0 aliphatic carbocycles. The first-order valence-electron chi connectivity index (χ1n) is 12.6. The normalized spacial score (nSPS) is 13.6. The summed E-state index contributed by atoms with van der Waals surface area (Å²) < 4.78 is 5.97. The lowest BCUT2D eigenvalue weighted by Crippen LogP contribution is -2.50. The standard InChI is InChI=1S/C30H26Cl2N4O4/c31-22-7-9-23(10-8-22)35-13-15-36(16-14-35)29(38)19-40-28-12-6-21(24-3-1-2-4-25(24)28)18-33-34-30(39)20-5-11-27(37)26(32)17-20/h1-12,17-18,37H,13-16,19H2,(H,34,39)/b33-18+. The van der Waals surface area contributed by atoms with Gasteiger partial charge in [-0.2, -0.15) is 5.10 Å². The lowest BCUT2D eigenvalue weighted by molar-refractivity contribution is -0.133. The smallest absolute Gasteiger partial charge is 0.271 e. The molecule has 0 aromatic heterocycles. The van der Waals surface area contributed by atoms with Gasteiger partial charge in [0.2, 0.25) is 0 Å². The van der Waals surface area contributed by atoms with Gasteiger partial charge in [-0.1, -0.05) is 47.5 Å². The maximum atomic E-state index is 12.9. The highest BCUT2D eigenvalue weighted by Crippen LogP contribution is 2.28.